The summed E-state index contributed by atoms with van der Waals surface area (Å²) in [5.74, 6) is 0.0294. The van der Waals surface area contributed by atoms with Crippen molar-refractivity contribution in [3.05, 3.63) is 35.8 Å². The number of rotatable bonds is 11. The molecule has 8 N–H and O–H groups in total. The van der Waals surface area contributed by atoms with Gasteiger partial charge in [-0.25, -0.2) is 4.98 Å². The Bertz CT molecular complexity index is 1220. The van der Waals surface area contributed by atoms with E-state index >= 15 is 0 Å². The third-order valence-corrected chi connectivity index (χ3v) is 8.54. The highest BCUT2D eigenvalue weighted by Crippen LogP contribution is 2.42. The Labute approximate surface area is 233 Å². The summed E-state index contributed by atoms with van der Waals surface area (Å²) in [7, 11) is 0. The predicted octanol–water partition coefficient (Wildman–Crippen LogP) is 2.06. The maximum atomic E-state index is 12.2. The average molecular weight is 558 g/mol. The van der Waals surface area contributed by atoms with Crippen molar-refractivity contribution in [2.24, 2.45) is 11.8 Å². The first-order valence-electron chi connectivity index (χ1n) is 13.3. The summed E-state index contributed by atoms with van der Waals surface area (Å²) < 4.78 is 0. The molecule has 2 aliphatic carbocycles. The minimum absolute atomic E-state index is 0.153. The van der Waals surface area contributed by atoms with Crippen LogP contribution >= 0.6 is 11.8 Å². The molecule has 2 heterocycles. The Morgan fingerprint density at radius 2 is 1.95 bits per heavy atom. The van der Waals surface area contributed by atoms with Crippen molar-refractivity contribution in [1.29, 1.82) is 0 Å². The summed E-state index contributed by atoms with van der Waals surface area (Å²) in [4.78, 5) is 27.4. The van der Waals surface area contributed by atoms with Crippen LogP contribution in [0, 0.1) is 25.7 Å². The summed E-state index contributed by atoms with van der Waals surface area (Å²) in [6.45, 7) is 12.2. The van der Waals surface area contributed by atoms with Crippen LogP contribution < -0.4 is 21.7 Å². The molecule has 2 aromatic heterocycles. The Kier molecular flexibility index (Phi) is 9.00. The van der Waals surface area contributed by atoms with E-state index in [2.05, 4.69) is 34.4 Å². The number of thioether (sulfide) groups is 1. The molecule has 0 radical (unpaired) electrons. The van der Waals surface area contributed by atoms with E-state index in [9.17, 15) is 20.1 Å². The lowest BCUT2D eigenvalue weighted by Crippen LogP contribution is -2.43. The third kappa shape index (κ3) is 6.46. The van der Waals surface area contributed by atoms with Crippen molar-refractivity contribution in [2.75, 3.05) is 22.9 Å². The van der Waals surface area contributed by atoms with Crippen LogP contribution in [0.1, 0.15) is 50.1 Å². The Morgan fingerprint density at radius 3 is 2.62 bits per heavy atom. The Morgan fingerprint density at radius 1 is 1.23 bits per heavy atom. The quantitative estimate of drug-likeness (QED) is 0.201. The molecule has 212 valence electrons. The molecule has 4 rings (SSSR count). The number of hydrogen-bond acceptors (Lipinski definition) is 11. The third-order valence-electron chi connectivity index (χ3n) is 7.51. The van der Waals surface area contributed by atoms with Crippen LogP contribution in [0.2, 0.25) is 0 Å². The van der Waals surface area contributed by atoms with Crippen molar-refractivity contribution in [3.8, 4) is 0 Å². The molecule has 12 heteroatoms. The number of aliphatic hydroxyl groups is 3. The number of aliphatic hydroxyl groups excluding tert-OH is 3. The number of anilines is 3. The van der Waals surface area contributed by atoms with Gasteiger partial charge in [-0.15, -0.1) is 0 Å². The zero-order chi connectivity index (χ0) is 28.4. The molecule has 2 aromatic rings. The Hall–Kier alpha value is -2.93. The lowest BCUT2D eigenvalue weighted by Gasteiger charge is -2.23. The molecular weight excluding hydrogens is 518 g/mol. The van der Waals surface area contributed by atoms with Crippen molar-refractivity contribution in [2.45, 2.75) is 82.2 Å². The fourth-order valence-corrected chi connectivity index (χ4v) is 5.99. The fourth-order valence-electron chi connectivity index (χ4n) is 4.99. The first-order valence-corrected chi connectivity index (χ1v) is 14.1. The topological polar surface area (TPSA) is 179 Å². The van der Waals surface area contributed by atoms with Crippen LogP contribution in [0.4, 0.5) is 17.5 Å². The summed E-state index contributed by atoms with van der Waals surface area (Å²) in [6.07, 6.45) is 0.191. The van der Waals surface area contributed by atoms with Gasteiger partial charge in [-0.3, -0.25) is 9.78 Å². The molecule has 39 heavy (non-hydrogen) atoms. The zero-order valence-electron chi connectivity index (χ0n) is 22.8. The van der Waals surface area contributed by atoms with Gasteiger partial charge in [0.25, 0.3) is 0 Å². The molecular formula is C27H39N7O4S. The number of aryl methyl sites for hydroxylation is 2. The van der Waals surface area contributed by atoms with Gasteiger partial charge in [0.05, 0.1) is 34.8 Å². The highest BCUT2D eigenvalue weighted by Gasteiger charge is 2.47. The van der Waals surface area contributed by atoms with Crippen LogP contribution in [0.5, 0.6) is 0 Å². The molecule has 0 aliphatic heterocycles. The van der Waals surface area contributed by atoms with E-state index < -0.39 is 36.2 Å². The first kappa shape index (κ1) is 29.1. The zero-order valence-corrected chi connectivity index (χ0v) is 23.6. The minimum Gasteiger partial charge on any atom is -0.396 e. The van der Waals surface area contributed by atoms with Crippen LogP contribution in [-0.4, -0.2) is 73.1 Å². The van der Waals surface area contributed by atoms with Crippen molar-refractivity contribution in [1.82, 2.24) is 20.3 Å². The van der Waals surface area contributed by atoms with Gasteiger partial charge >= 0.3 is 0 Å². The molecule has 6 atom stereocenters. The number of nitrogens with two attached hydrogens (primary N) is 1. The van der Waals surface area contributed by atoms with Crippen molar-refractivity contribution < 1.29 is 20.1 Å². The lowest BCUT2D eigenvalue weighted by molar-refractivity contribution is -0.134. The van der Waals surface area contributed by atoms with Crippen molar-refractivity contribution >= 4 is 40.0 Å². The number of amides is 1. The van der Waals surface area contributed by atoms with Crippen molar-refractivity contribution in [3.63, 3.8) is 0 Å². The number of hydrogen-bond donors (Lipinski definition) is 7. The largest absolute Gasteiger partial charge is 0.396 e. The van der Waals surface area contributed by atoms with Gasteiger partial charge in [-0.05, 0) is 58.9 Å². The number of likely N-dealkylation sites (N-methyl/N-ethyl adjacent to an activating group) is 1. The lowest BCUT2D eigenvalue weighted by atomic mass is 9.97. The second-order valence-electron chi connectivity index (χ2n) is 10.4. The number of aromatic nitrogens is 3. The molecule has 0 bridgehead atoms. The number of nitrogens with one attached hydrogen (secondary N) is 3. The number of carbonyl (C=O) groups is 1. The van der Waals surface area contributed by atoms with Crippen LogP contribution in [-0.2, 0) is 4.79 Å². The summed E-state index contributed by atoms with van der Waals surface area (Å²) >= 11 is 1.37. The second kappa shape index (κ2) is 12.1. The number of nitrogen functional groups attached to an aromatic ring is 1. The number of carbonyl (C=O) groups excluding carboxylic acids is 1. The van der Waals surface area contributed by atoms with Gasteiger partial charge in [-0.2, -0.15) is 4.98 Å². The molecule has 0 aromatic carbocycles. The first-order chi connectivity index (χ1) is 18.5. The van der Waals surface area contributed by atoms with Crippen LogP contribution in [0.25, 0.3) is 4.91 Å². The predicted molar refractivity (Wildman–Crippen MR) is 153 cm³/mol. The monoisotopic (exact) mass is 557 g/mol. The molecule has 2 aliphatic rings. The minimum atomic E-state index is -1.45. The van der Waals surface area contributed by atoms with Gasteiger partial charge in [0, 0.05) is 34.5 Å². The van der Waals surface area contributed by atoms with E-state index in [4.69, 9.17) is 15.7 Å². The molecule has 0 spiro atoms. The molecule has 1 amide bonds. The molecule has 11 nitrogen and oxygen atoms in total. The smallest absolute Gasteiger partial charge is 0.249 e. The van der Waals surface area contributed by atoms with E-state index in [1.165, 1.54) is 11.8 Å². The van der Waals surface area contributed by atoms with Gasteiger partial charge < -0.3 is 37.0 Å². The molecule has 2 saturated carbocycles. The van der Waals surface area contributed by atoms with Gasteiger partial charge in [0.2, 0.25) is 11.9 Å². The number of nitrogens with zero attached hydrogens (tertiary/aromatic N) is 3. The summed E-state index contributed by atoms with van der Waals surface area (Å²) in [5, 5.41) is 41.4. The standard InChI is InChI=1S/C27H39N7O4S/c1-6-29-26(38)23(36)17-11-18(24(37)22(17)35)33-25-20(15(5)39-19-9-10-30-14(4)21(19)28)13(3)32-27(34-25)31-12(2)16-7-8-16/h9-10,12,16-18,22-24,35-37H,5-8,11,28H2,1-4H3,(H,29,38)(H2,31,32,33,34)/t12-,17+,18-,22-,23?,24+/m1/s1. The van der Waals surface area contributed by atoms with E-state index in [1.54, 1.807) is 13.1 Å². The maximum absolute atomic E-state index is 12.2. The number of pyridine rings is 1. The normalized spacial score (nSPS) is 24.2. The van der Waals surface area contributed by atoms with E-state index in [-0.39, 0.29) is 12.5 Å². The molecule has 2 fully saturated rings. The highest BCUT2D eigenvalue weighted by atomic mass is 32.2. The maximum Gasteiger partial charge on any atom is 0.249 e. The van der Waals surface area contributed by atoms with E-state index in [0.717, 1.165) is 17.7 Å². The van der Waals surface area contributed by atoms with Crippen LogP contribution in [0.3, 0.4) is 0 Å². The molecule has 1 unspecified atom stereocenters. The van der Waals surface area contributed by atoms with E-state index in [0.29, 0.717) is 51.8 Å². The SMILES string of the molecule is C=C(Sc1ccnc(C)c1N)c1c(C)nc(N[C@H](C)C2CC2)nc1N[C@@H]1C[C@H](C(O)C(=O)NCC)[C@@H](O)[C@H]1O. The van der Waals surface area contributed by atoms with Gasteiger partial charge in [0.1, 0.15) is 18.0 Å². The highest BCUT2D eigenvalue weighted by molar-refractivity contribution is 8.08. The van der Waals surface area contributed by atoms with E-state index in [1.807, 2.05) is 19.9 Å². The average Bonchev–Trinajstić information content (AvgIpc) is 3.70. The Balaban J connectivity index is 1.64. The molecule has 0 saturated heterocycles. The van der Waals surface area contributed by atoms with Gasteiger partial charge in [0.15, 0.2) is 0 Å². The second-order valence-corrected chi connectivity index (χ2v) is 11.6. The van der Waals surface area contributed by atoms with Gasteiger partial charge in [-0.1, -0.05) is 18.3 Å². The van der Waals surface area contributed by atoms with Crippen LogP contribution in [0.15, 0.2) is 23.7 Å². The summed E-state index contributed by atoms with van der Waals surface area (Å²) in [6, 6.07) is 1.34. The fraction of sp³-hybridized carbons (Fsp3) is 0.556. The summed E-state index contributed by atoms with van der Waals surface area (Å²) in [5.41, 5.74) is 8.85.